The predicted molar refractivity (Wildman–Crippen MR) is 87.4 cm³/mol. The lowest BCUT2D eigenvalue weighted by molar-refractivity contribution is -0.121. The normalized spacial score (nSPS) is 17.6. The molecule has 0 spiro atoms. The molecule has 2 aromatic rings. The third kappa shape index (κ3) is 3.59. The molecule has 0 aliphatic carbocycles. The summed E-state index contributed by atoms with van der Waals surface area (Å²) in [5.74, 6) is -1.04. The first-order valence-corrected chi connectivity index (χ1v) is 8.01. The molecule has 1 fully saturated rings. The summed E-state index contributed by atoms with van der Waals surface area (Å²) in [5.41, 5.74) is 0.431. The van der Waals surface area contributed by atoms with Crippen molar-refractivity contribution < 1.29 is 18.4 Å². The predicted octanol–water partition coefficient (Wildman–Crippen LogP) is 3.56. The van der Waals surface area contributed by atoms with Crippen LogP contribution in [0.1, 0.15) is 23.4 Å². The van der Waals surface area contributed by atoms with E-state index in [1.165, 1.54) is 24.5 Å². The molecule has 1 aromatic carbocycles. The maximum atomic E-state index is 13.2. The van der Waals surface area contributed by atoms with E-state index in [-0.39, 0.29) is 28.5 Å². The Labute approximate surface area is 143 Å². The van der Waals surface area contributed by atoms with E-state index in [0.717, 1.165) is 6.42 Å². The van der Waals surface area contributed by atoms with Crippen molar-refractivity contribution in [1.82, 2.24) is 4.90 Å². The Balaban J connectivity index is 1.64. The van der Waals surface area contributed by atoms with Crippen LogP contribution in [0.25, 0.3) is 0 Å². The Morgan fingerprint density at radius 3 is 2.88 bits per heavy atom. The molecule has 0 saturated carbocycles. The molecule has 1 N–H and O–H groups in total. The number of furan rings is 1. The van der Waals surface area contributed by atoms with Gasteiger partial charge in [-0.05, 0) is 43.2 Å². The van der Waals surface area contributed by atoms with Crippen molar-refractivity contribution in [2.24, 2.45) is 5.92 Å². The zero-order valence-corrected chi connectivity index (χ0v) is 13.6. The number of rotatable bonds is 3. The lowest BCUT2D eigenvalue weighted by Crippen LogP contribution is -2.43. The van der Waals surface area contributed by atoms with Gasteiger partial charge in [-0.3, -0.25) is 9.59 Å². The van der Waals surface area contributed by atoms with Crippen LogP contribution >= 0.6 is 11.6 Å². The highest BCUT2D eigenvalue weighted by atomic mass is 35.5. The van der Waals surface area contributed by atoms with E-state index < -0.39 is 5.82 Å². The van der Waals surface area contributed by atoms with Gasteiger partial charge in [-0.15, -0.1) is 0 Å². The largest absolute Gasteiger partial charge is 0.459 e. The van der Waals surface area contributed by atoms with Crippen LogP contribution in [0.2, 0.25) is 5.02 Å². The topological polar surface area (TPSA) is 62.6 Å². The second kappa shape index (κ2) is 7.05. The average molecular weight is 351 g/mol. The summed E-state index contributed by atoms with van der Waals surface area (Å²) in [4.78, 5) is 26.3. The molecule has 0 bridgehead atoms. The maximum Gasteiger partial charge on any atom is 0.289 e. The third-order valence-corrected chi connectivity index (χ3v) is 4.29. The maximum absolute atomic E-state index is 13.2. The molecule has 1 aliphatic rings. The van der Waals surface area contributed by atoms with Gasteiger partial charge in [0, 0.05) is 18.8 Å². The highest BCUT2D eigenvalue weighted by Gasteiger charge is 2.30. The summed E-state index contributed by atoms with van der Waals surface area (Å²) in [6.45, 7) is 0.909. The van der Waals surface area contributed by atoms with Crippen molar-refractivity contribution in [3.63, 3.8) is 0 Å². The number of nitrogens with one attached hydrogen (secondary N) is 1. The van der Waals surface area contributed by atoms with Gasteiger partial charge in [-0.2, -0.15) is 0 Å². The molecule has 5 nitrogen and oxygen atoms in total. The standard InChI is InChI=1S/C17H16ClFN2O3/c18-13-9-12(5-6-14(13)19)20-16(22)11-3-1-7-21(10-11)17(23)15-4-2-8-24-15/h2,4-6,8-9,11H,1,3,7,10H2,(H,20,22). The molecule has 1 atom stereocenters. The van der Waals surface area contributed by atoms with E-state index >= 15 is 0 Å². The fraction of sp³-hybridized carbons (Fsp3) is 0.294. The number of anilines is 1. The molecule has 1 aromatic heterocycles. The van der Waals surface area contributed by atoms with Gasteiger partial charge in [0.15, 0.2) is 5.76 Å². The molecular formula is C17H16ClFN2O3. The number of amides is 2. The summed E-state index contributed by atoms with van der Waals surface area (Å²) in [6, 6.07) is 7.27. The first-order chi connectivity index (χ1) is 11.5. The number of benzene rings is 1. The van der Waals surface area contributed by atoms with Crippen LogP contribution in [-0.4, -0.2) is 29.8 Å². The van der Waals surface area contributed by atoms with Crippen LogP contribution < -0.4 is 5.32 Å². The summed E-state index contributed by atoms with van der Waals surface area (Å²) < 4.78 is 18.3. The van der Waals surface area contributed by atoms with E-state index in [1.54, 1.807) is 17.0 Å². The Bertz CT molecular complexity index is 748. The van der Waals surface area contributed by atoms with Crippen molar-refractivity contribution in [1.29, 1.82) is 0 Å². The molecule has 2 amide bonds. The van der Waals surface area contributed by atoms with Gasteiger partial charge in [0.25, 0.3) is 5.91 Å². The van der Waals surface area contributed by atoms with Crippen molar-refractivity contribution in [2.75, 3.05) is 18.4 Å². The van der Waals surface area contributed by atoms with Gasteiger partial charge in [0.05, 0.1) is 17.2 Å². The van der Waals surface area contributed by atoms with E-state index in [0.29, 0.717) is 25.2 Å². The average Bonchev–Trinajstić information content (AvgIpc) is 3.12. The van der Waals surface area contributed by atoms with Gasteiger partial charge in [0.1, 0.15) is 5.82 Å². The van der Waals surface area contributed by atoms with Crippen LogP contribution in [0.4, 0.5) is 10.1 Å². The molecule has 2 heterocycles. The van der Waals surface area contributed by atoms with E-state index in [9.17, 15) is 14.0 Å². The number of carbonyl (C=O) groups is 2. The van der Waals surface area contributed by atoms with Crippen LogP contribution in [0, 0.1) is 11.7 Å². The monoisotopic (exact) mass is 350 g/mol. The molecule has 1 saturated heterocycles. The van der Waals surface area contributed by atoms with Gasteiger partial charge >= 0.3 is 0 Å². The van der Waals surface area contributed by atoms with Crippen LogP contribution in [-0.2, 0) is 4.79 Å². The van der Waals surface area contributed by atoms with E-state index in [4.69, 9.17) is 16.0 Å². The van der Waals surface area contributed by atoms with Crippen molar-refractivity contribution in [2.45, 2.75) is 12.8 Å². The quantitative estimate of drug-likeness (QED) is 0.920. The van der Waals surface area contributed by atoms with Crippen LogP contribution in [0.5, 0.6) is 0 Å². The second-order valence-electron chi connectivity index (χ2n) is 5.69. The number of carbonyl (C=O) groups excluding carboxylic acids is 2. The first kappa shape index (κ1) is 16.5. The Morgan fingerprint density at radius 1 is 1.33 bits per heavy atom. The molecule has 1 aliphatic heterocycles. The summed E-state index contributed by atoms with van der Waals surface area (Å²) in [7, 11) is 0. The number of piperidine rings is 1. The summed E-state index contributed by atoms with van der Waals surface area (Å²) in [6.07, 6.45) is 2.86. The van der Waals surface area contributed by atoms with E-state index in [2.05, 4.69) is 5.32 Å². The molecule has 126 valence electrons. The summed E-state index contributed by atoms with van der Waals surface area (Å²) in [5, 5.41) is 2.67. The number of hydrogen-bond acceptors (Lipinski definition) is 3. The molecular weight excluding hydrogens is 335 g/mol. The lowest BCUT2D eigenvalue weighted by atomic mass is 9.96. The molecule has 1 unspecified atom stereocenters. The van der Waals surface area contributed by atoms with Gasteiger partial charge < -0.3 is 14.6 Å². The molecule has 3 rings (SSSR count). The molecule has 0 radical (unpaired) electrons. The van der Waals surface area contributed by atoms with Crippen LogP contribution in [0.15, 0.2) is 41.0 Å². The van der Waals surface area contributed by atoms with Crippen LogP contribution in [0.3, 0.4) is 0 Å². The number of halogens is 2. The Hall–Kier alpha value is -2.34. The van der Waals surface area contributed by atoms with Crippen molar-refractivity contribution in [3.05, 3.63) is 53.2 Å². The minimum Gasteiger partial charge on any atom is -0.459 e. The summed E-state index contributed by atoms with van der Waals surface area (Å²) >= 11 is 5.72. The minimum absolute atomic E-state index is 0.0499. The fourth-order valence-electron chi connectivity index (χ4n) is 2.75. The highest BCUT2D eigenvalue weighted by molar-refractivity contribution is 6.31. The Kier molecular flexibility index (Phi) is 4.85. The SMILES string of the molecule is O=C(Nc1ccc(F)c(Cl)c1)C1CCCN(C(=O)c2ccco2)C1. The molecule has 7 heteroatoms. The second-order valence-corrected chi connectivity index (χ2v) is 6.09. The smallest absolute Gasteiger partial charge is 0.289 e. The fourth-order valence-corrected chi connectivity index (χ4v) is 2.93. The number of likely N-dealkylation sites (tertiary alicyclic amines) is 1. The first-order valence-electron chi connectivity index (χ1n) is 7.63. The Morgan fingerprint density at radius 2 is 2.17 bits per heavy atom. The zero-order chi connectivity index (χ0) is 17.1. The zero-order valence-electron chi connectivity index (χ0n) is 12.8. The third-order valence-electron chi connectivity index (χ3n) is 4.00. The van der Waals surface area contributed by atoms with Crippen molar-refractivity contribution >= 4 is 29.1 Å². The van der Waals surface area contributed by atoms with Gasteiger partial charge in [-0.1, -0.05) is 11.6 Å². The minimum atomic E-state index is -0.539. The number of nitrogens with zero attached hydrogens (tertiary/aromatic N) is 1. The van der Waals surface area contributed by atoms with Gasteiger partial charge in [0.2, 0.25) is 5.91 Å². The van der Waals surface area contributed by atoms with Gasteiger partial charge in [-0.25, -0.2) is 4.39 Å². The number of hydrogen-bond donors (Lipinski definition) is 1. The van der Waals surface area contributed by atoms with Crippen molar-refractivity contribution in [3.8, 4) is 0 Å². The highest BCUT2D eigenvalue weighted by Crippen LogP contribution is 2.23. The van der Waals surface area contributed by atoms with E-state index in [1.807, 2.05) is 0 Å². The molecule has 24 heavy (non-hydrogen) atoms. The lowest BCUT2D eigenvalue weighted by Gasteiger charge is -2.31.